The number of hydrogen-bond donors (Lipinski definition) is 2. The van der Waals surface area contributed by atoms with Gasteiger partial charge >= 0.3 is 0 Å². The predicted octanol–water partition coefficient (Wildman–Crippen LogP) is 4.98. The van der Waals surface area contributed by atoms with E-state index in [1.807, 2.05) is 12.1 Å². The number of rotatable bonds is 11. The molecule has 2 aliphatic heterocycles. The van der Waals surface area contributed by atoms with Crippen molar-refractivity contribution < 1.29 is 22.4 Å². The molecule has 1 aliphatic carbocycles. The lowest BCUT2D eigenvalue weighted by Gasteiger charge is -2.39. The average molecular weight is 675 g/mol. The Hall–Kier alpha value is -3.99. The molecule has 11 nitrogen and oxygen atoms in total. The Kier molecular flexibility index (Phi) is 8.21. The van der Waals surface area contributed by atoms with Crippen molar-refractivity contribution in [1.82, 2.24) is 30.4 Å². The van der Waals surface area contributed by atoms with Crippen LogP contribution in [0.1, 0.15) is 52.5 Å². The third-order valence-corrected chi connectivity index (χ3v) is 10.2. The Morgan fingerprint density at radius 3 is 1.93 bits per heavy atom. The maximum absolute atomic E-state index is 13.2. The maximum atomic E-state index is 13.2. The molecule has 1 saturated carbocycles. The summed E-state index contributed by atoms with van der Waals surface area (Å²) < 4.78 is 52.9. The topological polar surface area (TPSA) is 125 Å². The van der Waals surface area contributed by atoms with Crippen LogP contribution in [0, 0.1) is 0 Å². The van der Waals surface area contributed by atoms with Crippen LogP contribution in [0.2, 0.25) is 0 Å². The zero-order chi connectivity index (χ0) is 31.9. The second-order valence-corrected chi connectivity index (χ2v) is 13.9. The summed E-state index contributed by atoms with van der Waals surface area (Å²) in [5.41, 5.74) is 1.31. The molecule has 1 amide bonds. The fourth-order valence-corrected chi connectivity index (χ4v) is 7.67. The van der Waals surface area contributed by atoms with Gasteiger partial charge in [0.05, 0.1) is 38.3 Å². The molecule has 242 valence electrons. The lowest BCUT2D eigenvalue weighted by molar-refractivity contribution is -0.115. The Morgan fingerprint density at radius 2 is 1.33 bits per heavy atom. The summed E-state index contributed by atoms with van der Waals surface area (Å²) in [4.78, 5) is 24.6. The minimum absolute atomic E-state index is 0.00506. The molecular formula is C29H30F4N10OS2. The molecule has 0 radical (unpaired) electrons. The third kappa shape index (κ3) is 7.04. The summed E-state index contributed by atoms with van der Waals surface area (Å²) in [6.07, 6.45) is 3.34. The fourth-order valence-electron chi connectivity index (χ4n) is 5.85. The predicted molar refractivity (Wildman–Crippen MR) is 166 cm³/mol. The highest BCUT2D eigenvalue weighted by atomic mass is 32.1. The largest absolute Gasteiger partial charge is 0.360 e. The van der Waals surface area contributed by atoms with Gasteiger partial charge in [0, 0.05) is 30.5 Å². The molecule has 0 spiro atoms. The van der Waals surface area contributed by atoms with E-state index in [2.05, 4.69) is 41.0 Å². The van der Waals surface area contributed by atoms with Gasteiger partial charge in [-0.2, -0.15) is 0 Å². The van der Waals surface area contributed by atoms with E-state index in [1.54, 1.807) is 29.2 Å². The molecule has 0 aromatic carbocycles. The first-order valence-corrected chi connectivity index (χ1v) is 16.6. The SMILES string of the molecule is O=C(Cc1cccc(N2CC(F)(F)C2)n1)Nc1nnc([C@H]2CC[C@H](c3nnc(NCCc4cccc(N5CC(F)(F)C5)n4)s3)C2)s1. The van der Waals surface area contributed by atoms with Gasteiger partial charge in [-0.25, -0.2) is 27.5 Å². The summed E-state index contributed by atoms with van der Waals surface area (Å²) in [6.45, 7) is -0.739. The van der Waals surface area contributed by atoms with Crippen molar-refractivity contribution in [3.05, 3.63) is 57.8 Å². The number of nitrogens with one attached hydrogen (secondary N) is 2. The van der Waals surface area contributed by atoms with Crippen molar-refractivity contribution >= 4 is 50.5 Å². The maximum Gasteiger partial charge on any atom is 0.282 e. The minimum Gasteiger partial charge on any atom is -0.360 e. The molecule has 4 aromatic rings. The van der Waals surface area contributed by atoms with Crippen LogP contribution in [0.4, 0.5) is 39.5 Å². The number of hydrogen-bond acceptors (Lipinski definition) is 12. The molecule has 46 heavy (non-hydrogen) atoms. The first kappa shape index (κ1) is 30.7. The van der Waals surface area contributed by atoms with Gasteiger partial charge in [-0.3, -0.25) is 4.79 Å². The highest BCUT2D eigenvalue weighted by Gasteiger charge is 2.45. The van der Waals surface area contributed by atoms with Crippen LogP contribution in [0.25, 0.3) is 0 Å². The van der Waals surface area contributed by atoms with Crippen molar-refractivity contribution in [3.8, 4) is 0 Å². The summed E-state index contributed by atoms with van der Waals surface area (Å²) in [5.74, 6) is -4.18. The fraction of sp³-hybridized carbons (Fsp3) is 0.483. The molecule has 7 rings (SSSR count). The molecular weight excluding hydrogens is 645 g/mol. The van der Waals surface area contributed by atoms with E-state index < -0.39 is 11.8 Å². The number of aromatic nitrogens is 6. The molecule has 3 fully saturated rings. The molecule has 0 unspecified atom stereocenters. The van der Waals surface area contributed by atoms with Crippen LogP contribution in [0.5, 0.6) is 0 Å². The van der Waals surface area contributed by atoms with Crippen LogP contribution in [0.15, 0.2) is 36.4 Å². The molecule has 4 aromatic heterocycles. The van der Waals surface area contributed by atoms with E-state index in [1.165, 1.54) is 27.6 Å². The molecule has 2 saturated heterocycles. The van der Waals surface area contributed by atoms with Gasteiger partial charge in [0.2, 0.25) is 16.2 Å². The average Bonchev–Trinajstić information content (AvgIpc) is 3.76. The number of nitrogens with zero attached hydrogens (tertiary/aromatic N) is 8. The number of halogens is 4. The van der Waals surface area contributed by atoms with Crippen LogP contribution in [-0.4, -0.2) is 80.8 Å². The Balaban J connectivity index is 0.865. The first-order valence-electron chi connectivity index (χ1n) is 15.0. The number of anilines is 4. The number of pyridine rings is 2. The van der Waals surface area contributed by atoms with E-state index in [9.17, 15) is 22.4 Å². The van der Waals surface area contributed by atoms with Gasteiger partial charge in [0.15, 0.2) is 0 Å². The first-order chi connectivity index (χ1) is 22.1. The Morgan fingerprint density at radius 1 is 0.783 bits per heavy atom. The molecule has 0 bridgehead atoms. The van der Waals surface area contributed by atoms with Crippen LogP contribution in [-0.2, 0) is 17.6 Å². The van der Waals surface area contributed by atoms with Gasteiger partial charge in [0.25, 0.3) is 11.8 Å². The zero-order valence-electron chi connectivity index (χ0n) is 24.5. The van der Waals surface area contributed by atoms with Gasteiger partial charge in [-0.05, 0) is 43.5 Å². The molecule has 6 heterocycles. The summed E-state index contributed by atoms with van der Waals surface area (Å²) in [7, 11) is 0. The number of carbonyl (C=O) groups is 1. The van der Waals surface area contributed by atoms with Gasteiger partial charge in [-0.1, -0.05) is 34.8 Å². The number of amides is 1. The standard InChI is InChI=1S/C29H30F4N10OS2/c30-28(31)13-42(14-28)21-5-1-3-19(35-21)9-10-34-26-40-38-24(45-26)17-7-8-18(11-17)25-39-41-27(46-25)37-23(44)12-20-4-2-6-22(36-20)43-15-29(32,33)16-43/h1-6,17-18H,7-16H2,(H,34,40)(H,37,41,44)/t17-,18-/m0/s1. The lowest BCUT2D eigenvalue weighted by Crippen LogP contribution is -2.56. The van der Waals surface area contributed by atoms with E-state index in [4.69, 9.17) is 0 Å². The number of alkyl halides is 4. The van der Waals surface area contributed by atoms with E-state index in [0.29, 0.717) is 35.4 Å². The lowest BCUT2D eigenvalue weighted by atomic mass is 10.1. The smallest absolute Gasteiger partial charge is 0.282 e. The molecule has 2 atom stereocenters. The van der Waals surface area contributed by atoms with E-state index in [-0.39, 0.29) is 50.3 Å². The van der Waals surface area contributed by atoms with Crippen molar-refractivity contribution in [2.75, 3.05) is 53.2 Å². The molecule has 2 N–H and O–H groups in total. The third-order valence-electron chi connectivity index (χ3n) is 8.18. The van der Waals surface area contributed by atoms with Crippen molar-refractivity contribution in [2.24, 2.45) is 0 Å². The van der Waals surface area contributed by atoms with Crippen LogP contribution in [0.3, 0.4) is 0 Å². The second kappa shape index (κ2) is 12.3. The van der Waals surface area contributed by atoms with Crippen LogP contribution >= 0.6 is 22.7 Å². The minimum atomic E-state index is -2.70. The Bertz CT molecular complexity index is 1700. The molecule has 3 aliphatic rings. The highest BCUT2D eigenvalue weighted by Crippen LogP contribution is 2.45. The summed E-state index contributed by atoms with van der Waals surface area (Å²) >= 11 is 2.88. The van der Waals surface area contributed by atoms with Crippen molar-refractivity contribution in [1.29, 1.82) is 0 Å². The van der Waals surface area contributed by atoms with E-state index >= 15 is 0 Å². The van der Waals surface area contributed by atoms with Gasteiger partial charge in [-0.15, -0.1) is 20.4 Å². The quantitative estimate of drug-likeness (QED) is 0.211. The number of carbonyl (C=O) groups excluding carboxylic acids is 1. The van der Waals surface area contributed by atoms with Gasteiger partial charge < -0.3 is 20.4 Å². The zero-order valence-corrected chi connectivity index (χ0v) is 26.1. The normalized spacial score (nSPS) is 21.5. The van der Waals surface area contributed by atoms with Crippen LogP contribution < -0.4 is 20.4 Å². The van der Waals surface area contributed by atoms with Gasteiger partial charge in [0.1, 0.15) is 21.7 Å². The molecule has 17 heteroatoms. The summed E-state index contributed by atoms with van der Waals surface area (Å²) in [5, 5.41) is 26.3. The summed E-state index contributed by atoms with van der Waals surface area (Å²) in [6, 6.07) is 10.5. The monoisotopic (exact) mass is 674 g/mol. The van der Waals surface area contributed by atoms with E-state index in [0.717, 1.165) is 40.1 Å². The van der Waals surface area contributed by atoms with Crippen molar-refractivity contribution in [3.63, 3.8) is 0 Å². The second-order valence-electron chi connectivity index (χ2n) is 11.9. The highest BCUT2D eigenvalue weighted by molar-refractivity contribution is 7.15. The Labute approximate surface area is 269 Å². The van der Waals surface area contributed by atoms with Crippen molar-refractivity contribution in [2.45, 2.75) is 55.8 Å².